The number of ether oxygens (including phenoxy) is 1. The number of methoxy groups -OCH3 is 1. The number of hydrogen-bond donors (Lipinski definition) is 2. The Morgan fingerprint density at radius 2 is 2.00 bits per heavy atom. The molecule has 0 spiro atoms. The highest BCUT2D eigenvalue weighted by Gasteiger charge is 2.12. The van der Waals surface area contributed by atoms with Crippen LogP contribution in [0, 0.1) is 0 Å². The van der Waals surface area contributed by atoms with Crippen molar-refractivity contribution in [2.24, 2.45) is 0 Å². The van der Waals surface area contributed by atoms with Gasteiger partial charge >= 0.3 is 5.97 Å². The van der Waals surface area contributed by atoms with Crippen molar-refractivity contribution in [3.05, 3.63) is 27.7 Å². The van der Waals surface area contributed by atoms with Gasteiger partial charge in [-0.1, -0.05) is 23.2 Å². The van der Waals surface area contributed by atoms with E-state index in [1.807, 2.05) is 0 Å². The largest absolute Gasteiger partial charge is 0.494 e. The summed E-state index contributed by atoms with van der Waals surface area (Å²) in [6.45, 7) is 1.94. The van der Waals surface area contributed by atoms with Crippen LogP contribution in [0.25, 0.3) is 0 Å². The van der Waals surface area contributed by atoms with Gasteiger partial charge in [-0.25, -0.2) is 0 Å². The molecule has 1 atom stereocenters. The van der Waals surface area contributed by atoms with Gasteiger partial charge in [-0.2, -0.15) is 0 Å². The Labute approximate surface area is 109 Å². The van der Waals surface area contributed by atoms with E-state index in [2.05, 4.69) is 5.32 Å². The Kier molecular flexibility index (Phi) is 5.05. The third-order valence-electron chi connectivity index (χ3n) is 2.24. The molecule has 17 heavy (non-hydrogen) atoms. The minimum atomic E-state index is -0.907. The van der Waals surface area contributed by atoms with Crippen LogP contribution in [0.15, 0.2) is 12.1 Å². The van der Waals surface area contributed by atoms with E-state index in [1.54, 1.807) is 19.1 Å². The normalized spacial score (nSPS) is 12.2. The lowest BCUT2D eigenvalue weighted by Crippen LogP contribution is -2.33. The summed E-state index contributed by atoms with van der Waals surface area (Å²) in [7, 11) is 1.48. The Balaban J connectivity index is 2.77. The third-order valence-corrected chi connectivity index (χ3v) is 2.81. The molecule has 0 saturated carbocycles. The zero-order chi connectivity index (χ0) is 13.0. The molecule has 1 aromatic rings. The van der Waals surface area contributed by atoms with Crippen LogP contribution in [0.2, 0.25) is 10.0 Å². The average Bonchev–Trinajstić information content (AvgIpc) is 2.25. The molecule has 0 amide bonds. The fourth-order valence-electron chi connectivity index (χ4n) is 1.27. The van der Waals surface area contributed by atoms with E-state index < -0.39 is 12.0 Å². The number of rotatable bonds is 5. The molecule has 0 radical (unpaired) electrons. The van der Waals surface area contributed by atoms with Crippen LogP contribution >= 0.6 is 23.2 Å². The Hall–Kier alpha value is -0.970. The first-order chi connectivity index (χ1) is 7.95. The first-order valence-electron chi connectivity index (χ1n) is 4.93. The SMILES string of the molecule is COc1c(Cl)cc(CNC(C)C(=O)O)cc1Cl. The van der Waals surface area contributed by atoms with Gasteiger partial charge in [0.1, 0.15) is 6.04 Å². The topological polar surface area (TPSA) is 58.6 Å². The maximum atomic E-state index is 10.6. The minimum absolute atomic E-state index is 0.372. The summed E-state index contributed by atoms with van der Waals surface area (Å²) in [6.07, 6.45) is 0. The van der Waals surface area contributed by atoms with Gasteiger partial charge in [-0.05, 0) is 24.6 Å². The fraction of sp³-hybridized carbons (Fsp3) is 0.364. The van der Waals surface area contributed by atoms with Crippen LogP contribution in [0.1, 0.15) is 12.5 Å². The number of carboxylic acid groups (broad SMARTS) is 1. The number of nitrogens with one attached hydrogen (secondary N) is 1. The minimum Gasteiger partial charge on any atom is -0.494 e. The second-order valence-corrected chi connectivity index (χ2v) is 4.35. The smallest absolute Gasteiger partial charge is 0.320 e. The second kappa shape index (κ2) is 6.10. The van der Waals surface area contributed by atoms with Crippen LogP contribution in [-0.4, -0.2) is 24.2 Å². The quantitative estimate of drug-likeness (QED) is 0.869. The summed E-state index contributed by atoms with van der Waals surface area (Å²) < 4.78 is 5.02. The van der Waals surface area contributed by atoms with Gasteiger partial charge in [0.25, 0.3) is 0 Å². The highest BCUT2D eigenvalue weighted by molar-refractivity contribution is 6.37. The molecule has 2 N–H and O–H groups in total. The van der Waals surface area contributed by atoms with Crippen LogP contribution in [0.4, 0.5) is 0 Å². The van der Waals surface area contributed by atoms with E-state index in [9.17, 15) is 4.79 Å². The molecule has 0 aliphatic carbocycles. The van der Waals surface area contributed by atoms with Crippen LogP contribution in [-0.2, 0) is 11.3 Å². The predicted octanol–water partition coefficient (Wildman–Crippen LogP) is 2.56. The van der Waals surface area contributed by atoms with Crippen molar-refractivity contribution in [1.29, 1.82) is 0 Å². The summed E-state index contributed by atoms with van der Waals surface area (Å²) in [6, 6.07) is 2.75. The van der Waals surface area contributed by atoms with Gasteiger partial charge in [-0.3, -0.25) is 4.79 Å². The molecule has 0 aliphatic rings. The summed E-state index contributed by atoms with van der Waals surface area (Å²) >= 11 is 11.9. The molecule has 0 bridgehead atoms. The number of aliphatic carboxylic acids is 1. The van der Waals surface area contributed by atoms with E-state index >= 15 is 0 Å². The zero-order valence-corrected chi connectivity index (χ0v) is 11.0. The van der Waals surface area contributed by atoms with Gasteiger partial charge in [0, 0.05) is 6.54 Å². The van der Waals surface area contributed by atoms with E-state index in [-0.39, 0.29) is 0 Å². The number of carboxylic acids is 1. The van der Waals surface area contributed by atoms with Crippen molar-refractivity contribution in [3.8, 4) is 5.75 Å². The molecule has 0 saturated heterocycles. The third kappa shape index (κ3) is 3.77. The monoisotopic (exact) mass is 277 g/mol. The molecule has 0 aromatic heterocycles. The Morgan fingerprint density at radius 3 is 2.41 bits per heavy atom. The zero-order valence-electron chi connectivity index (χ0n) is 9.46. The summed E-state index contributed by atoms with van der Waals surface area (Å²) in [5.74, 6) is -0.487. The number of halogens is 2. The lowest BCUT2D eigenvalue weighted by atomic mass is 10.2. The van der Waals surface area contributed by atoms with Crippen molar-refractivity contribution >= 4 is 29.2 Å². The van der Waals surface area contributed by atoms with Crippen LogP contribution < -0.4 is 10.1 Å². The first-order valence-corrected chi connectivity index (χ1v) is 5.69. The molecule has 1 rings (SSSR count). The van der Waals surface area contributed by atoms with Gasteiger partial charge in [0.2, 0.25) is 0 Å². The van der Waals surface area contributed by atoms with Gasteiger partial charge < -0.3 is 15.2 Å². The molecule has 1 unspecified atom stereocenters. The molecule has 94 valence electrons. The van der Waals surface area contributed by atoms with Gasteiger partial charge in [0.05, 0.1) is 17.2 Å². The Morgan fingerprint density at radius 1 is 1.47 bits per heavy atom. The first kappa shape index (κ1) is 14.1. The van der Waals surface area contributed by atoms with Crippen molar-refractivity contribution in [2.45, 2.75) is 19.5 Å². The molecular formula is C11H13Cl2NO3. The molecule has 1 aromatic carbocycles. The molecule has 6 heteroatoms. The molecular weight excluding hydrogens is 265 g/mol. The molecule has 0 fully saturated rings. The number of hydrogen-bond acceptors (Lipinski definition) is 3. The summed E-state index contributed by atoms with van der Waals surface area (Å²) in [4.78, 5) is 10.6. The molecule has 4 nitrogen and oxygen atoms in total. The van der Waals surface area contributed by atoms with E-state index in [1.165, 1.54) is 7.11 Å². The van der Waals surface area contributed by atoms with Crippen molar-refractivity contribution in [1.82, 2.24) is 5.32 Å². The summed E-state index contributed by atoms with van der Waals surface area (Å²) in [5, 5.41) is 12.4. The number of carbonyl (C=O) groups is 1. The van der Waals surface area contributed by atoms with Crippen LogP contribution in [0.5, 0.6) is 5.75 Å². The van der Waals surface area contributed by atoms with Gasteiger partial charge in [0.15, 0.2) is 5.75 Å². The fourth-order valence-corrected chi connectivity index (χ4v) is 1.95. The highest BCUT2D eigenvalue weighted by Crippen LogP contribution is 2.33. The lowest BCUT2D eigenvalue weighted by Gasteiger charge is -2.11. The van der Waals surface area contributed by atoms with E-state index in [0.717, 1.165) is 5.56 Å². The van der Waals surface area contributed by atoms with Crippen molar-refractivity contribution in [3.63, 3.8) is 0 Å². The maximum Gasteiger partial charge on any atom is 0.320 e. The molecule has 0 heterocycles. The molecule has 0 aliphatic heterocycles. The van der Waals surface area contributed by atoms with Crippen molar-refractivity contribution in [2.75, 3.05) is 7.11 Å². The lowest BCUT2D eigenvalue weighted by molar-refractivity contribution is -0.139. The van der Waals surface area contributed by atoms with Crippen LogP contribution in [0.3, 0.4) is 0 Å². The standard InChI is InChI=1S/C11H13Cl2NO3/c1-6(11(15)16)14-5-7-3-8(12)10(17-2)9(13)4-7/h3-4,6,14H,5H2,1-2H3,(H,15,16). The predicted molar refractivity (Wildman–Crippen MR) is 67.0 cm³/mol. The second-order valence-electron chi connectivity index (χ2n) is 3.53. The van der Waals surface area contributed by atoms with E-state index in [4.69, 9.17) is 33.0 Å². The average molecular weight is 278 g/mol. The highest BCUT2D eigenvalue weighted by atomic mass is 35.5. The Bertz CT molecular complexity index is 400. The van der Waals surface area contributed by atoms with Crippen molar-refractivity contribution < 1.29 is 14.6 Å². The number of benzene rings is 1. The summed E-state index contributed by atoms with van der Waals surface area (Å²) in [5.41, 5.74) is 0.800. The van der Waals surface area contributed by atoms with Gasteiger partial charge in [-0.15, -0.1) is 0 Å². The maximum absolute atomic E-state index is 10.6. The van der Waals surface area contributed by atoms with E-state index in [0.29, 0.717) is 22.3 Å².